The fraction of sp³-hybridized carbons (Fsp3) is 0.333. The van der Waals surface area contributed by atoms with Crippen molar-refractivity contribution in [2.45, 2.75) is 19.8 Å². The minimum atomic E-state index is -3.68. The maximum absolute atomic E-state index is 10.1. The molecule has 2 aromatic heterocycles. The molecule has 0 fully saturated rings. The Balaban J connectivity index is 0.000000250. The average molecular weight is 272 g/mol. The third kappa shape index (κ3) is 14.7. The smallest absolute Gasteiger partial charge is 0.325 e. The van der Waals surface area contributed by atoms with Crippen LogP contribution in [0.1, 0.15) is 19.8 Å². The van der Waals surface area contributed by atoms with Gasteiger partial charge >= 0.3 is 7.60 Å². The van der Waals surface area contributed by atoms with Crippen LogP contribution in [0.15, 0.2) is 49.1 Å². The number of hydrogen-bond donors (Lipinski definition) is 4. The lowest BCUT2D eigenvalue weighted by Crippen LogP contribution is -1.84. The van der Waals surface area contributed by atoms with Gasteiger partial charge in [-0.2, -0.15) is 0 Å². The van der Waals surface area contributed by atoms with Crippen LogP contribution < -0.4 is 0 Å². The van der Waals surface area contributed by atoms with Crippen molar-refractivity contribution in [2.75, 3.05) is 6.16 Å². The van der Waals surface area contributed by atoms with Crippen LogP contribution in [0, 0.1) is 0 Å². The van der Waals surface area contributed by atoms with Gasteiger partial charge in [0.15, 0.2) is 0 Å². The van der Waals surface area contributed by atoms with Crippen LogP contribution in [-0.4, -0.2) is 25.9 Å². The zero-order chi connectivity index (χ0) is 13.7. The van der Waals surface area contributed by atoms with Crippen molar-refractivity contribution in [1.29, 1.82) is 0 Å². The van der Waals surface area contributed by atoms with Crippen LogP contribution in [0.25, 0.3) is 0 Å². The predicted octanol–water partition coefficient (Wildman–Crippen LogP) is 2.99. The number of aromatic nitrogens is 2. The van der Waals surface area contributed by atoms with Gasteiger partial charge in [-0.1, -0.05) is 13.3 Å². The fourth-order valence-electron chi connectivity index (χ4n) is 0.920. The number of unbranched alkanes of at least 4 members (excludes halogenated alkanes) is 1. The van der Waals surface area contributed by atoms with Crippen molar-refractivity contribution < 1.29 is 14.4 Å². The summed E-state index contributed by atoms with van der Waals surface area (Å²) in [6, 6.07) is 7.78. The van der Waals surface area contributed by atoms with E-state index in [1.54, 1.807) is 0 Å². The van der Waals surface area contributed by atoms with E-state index in [0.717, 1.165) is 6.42 Å². The van der Waals surface area contributed by atoms with E-state index in [-0.39, 0.29) is 6.16 Å². The van der Waals surface area contributed by atoms with E-state index in [2.05, 4.69) is 9.97 Å². The van der Waals surface area contributed by atoms with Crippen LogP contribution in [0.4, 0.5) is 0 Å². The van der Waals surface area contributed by atoms with Crippen LogP contribution in [-0.2, 0) is 4.57 Å². The molecule has 2 heterocycles. The Kier molecular flexibility index (Phi) is 10.1. The van der Waals surface area contributed by atoms with E-state index < -0.39 is 7.60 Å². The number of rotatable bonds is 3. The summed E-state index contributed by atoms with van der Waals surface area (Å²) >= 11 is 0. The molecule has 102 valence electrons. The van der Waals surface area contributed by atoms with E-state index >= 15 is 0 Å². The molecule has 0 aliphatic carbocycles. The Hall–Kier alpha value is -1.29. The van der Waals surface area contributed by atoms with Gasteiger partial charge in [0.1, 0.15) is 0 Å². The third-order valence-corrected chi connectivity index (χ3v) is 2.69. The van der Waals surface area contributed by atoms with Gasteiger partial charge in [0.2, 0.25) is 0 Å². The van der Waals surface area contributed by atoms with Gasteiger partial charge in [-0.05, 0) is 30.7 Å². The topological polar surface area (TPSA) is 89.1 Å². The van der Waals surface area contributed by atoms with Gasteiger partial charge in [0.05, 0.1) is 0 Å². The second-order valence-electron chi connectivity index (χ2n) is 3.51. The fourth-order valence-corrected chi connectivity index (χ4v) is 1.65. The van der Waals surface area contributed by atoms with Gasteiger partial charge in [-0.15, -0.1) is 0 Å². The van der Waals surface area contributed by atoms with Gasteiger partial charge in [-0.25, -0.2) is 0 Å². The summed E-state index contributed by atoms with van der Waals surface area (Å²) in [7, 11) is -3.68. The van der Waals surface area contributed by atoms with E-state index in [4.69, 9.17) is 9.79 Å². The molecule has 0 spiro atoms. The standard InChI is InChI=1S/2C4H5N.C4H11O3P/c2*1-2-4-5-3-1;1-2-3-4-8(5,6)7/h2*1-5H;2-4H2,1H3,(H2,5,6,7). The van der Waals surface area contributed by atoms with Crippen molar-refractivity contribution in [3.05, 3.63) is 49.1 Å². The molecule has 0 aliphatic rings. The summed E-state index contributed by atoms with van der Waals surface area (Å²) < 4.78 is 10.1. The molecular formula is C12H21N2O3P. The van der Waals surface area contributed by atoms with Crippen molar-refractivity contribution in [3.8, 4) is 0 Å². The summed E-state index contributed by atoms with van der Waals surface area (Å²) in [4.78, 5) is 22.2. The summed E-state index contributed by atoms with van der Waals surface area (Å²) in [5.41, 5.74) is 0. The molecule has 18 heavy (non-hydrogen) atoms. The third-order valence-electron chi connectivity index (χ3n) is 1.79. The molecule has 0 unspecified atom stereocenters. The molecule has 2 rings (SSSR count). The monoisotopic (exact) mass is 272 g/mol. The highest BCUT2D eigenvalue weighted by Gasteiger charge is 2.09. The highest BCUT2D eigenvalue weighted by Crippen LogP contribution is 2.35. The molecule has 0 saturated heterocycles. The molecule has 6 heteroatoms. The lowest BCUT2D eigenvalue weighted by Gasteiger charge is -1.98. The SMILES string of the molecule is CCCCP(=O)(O)O.c1cc[nH]c1.c1cc[nH]c1. The average Bonchev–Trinajstić information content (AvgIpc) is 3.01. The van der Waals surface area contributed by atoms with Crippen LogP contribution in [0.2, 0.25) is 0 Å². The van der Waals surface area contributed by atoms with E-state index in [1.807, 2.05) is 56.0 Å². The predicted molar refractivity (Wildman–Crippen MR) is 73.4 cm³/mol. The second kappa shape index (κ2) is 10.8. The number of nitrogens with one attached hydrogen (secondary N) is 2. The first-order valence-electron chi connectivity index (χ1n) is 5.76. The quantitative estimate of drug-likeness (QED) is 0.647. The van der Waals surface area contributed by atoms with Crippen molar-refractivity contribution in [3.63, 3.8) is 0 Å². The lowest BCUT2D eigenvalue weighted by molar-refractivity contribution is 0.371. The van der Waals surface area contributed by atoms with Crippen molar-refractivity contribution in [1.82, 2.24) is 9.97 Å². The first-order chi connectivity index (χ1) is 8.56. The Labute approximate surface area is 107 Å². The van der Waals surface area contributed by atoms with E-state index in [9.17, 15) is 4.57 Å². The molecule has 2 aromatic rings. The first-order valence-corrected chi connectivity index (χ1v) is 7.56. The molecule has 0 aromatic carbocycles. The van der Waals surface area contributed by atoms with Gasteiger partial charge in [0, 0.05) is 30.9 Å². The molecule has 0 saturated carbocycles. The largest absolute Gasteiger partial charge is 0.368 e. The molecule has 0 atom stereocenters. The van der Waals surface area contributed by atoms with Gasteiger partial charge in [-0.3, -0.25) is 4.57 Å². The Morgan fingerprint density at radius 2 is 1.33 bits per heavy atom. The maximum atomic E-state index is 10.1. The Morgan fingerprint density at radius 3 is 1.44 bits per heavy atom. The summed E-state index contributed by atoms with van der Waals surface area (Å²) in [5.74, 6) is 0. The Bertz CT molecular complexity index is 321. The van der Waals surface area contributed by atoms with Gasteiger partial charge < -0.3 is 19.8 Å². The van der Waals surface area contributed by atoms with Crippen LogP contribution in [0.5, 0.6) is 0 Å². The molecule has 5 nitrogen and oxygen atoms in total. The highest BCUT2D eigenvalue weighted by molar-refractivity contribution is 7.51. The highest BCUT2D eigenvalue weighted by atomic mass is 31.2. The van der Waals surface area contributed by atoms with E-state index in [0.29, 0.717) is 6.42 Å². The summed E-state index contributed by atoms with van der Waals surface area (Å²) in [6.07, 6.45) is 8.99. The Morgan fingerprint density at radius 1 is 0.944 bits per heavy atom. The number of hydrogen-bond acceptors (Lipinski definition) is 1. The normalized spacial score (nSPS) is 9.72. The zero-order valence-corrected chi connectivity index (χ0v) is 11.4. The van der Waals surface area contributed by atoms with Crippen LogP contribution >= 0.6 is 7.60 Å². The van der Waals surface area contributed by atoms with Crippen molar-refractivity contribution in [2.24, 2.45) is 0 Å². The lowest BCUT2D eigenvalue weighted by atomic mass is 10.4. The molecule has 0 amide bonds. The first kappa shape index (κ1) is 16.7. The minimum Gasteiger partial charge on any atom is -0.368 e. The van der Waals surface area contributed by atoms with Crippen molar-refractivity contribution >= 4 is 7.60 Å². The summed E-state index contributed by atoms with van der Waals surface area (Å²) in [6.45, 7) is 1.90. The molecule has 0 aliphatic heterocycles. The molecule has 4 N–H and O–H groups in total. The van der Waals surface area contributed by atoms with Gasteiger partial charge in [0.25, 0.3) is 0 Å². The maximum Gasteiger partial charge on any atom is 0.325 e. The minimum absolute atomic E-state index is 0.0312. The molecular weight excluding hydrogens is 251 g/mol. The number of H-pyrrole nitrogens is 2. The molecule has 0 bridgehead atoms. The second-order valence-corrected chi connectivity index (χ2v) is 5.29. The zero-order valence-electron chi connectivity index (χ0n) is 10.5. The van der Waals surface area contributed by atoms with Crippen LogP contribution in [0.3, 0.4) is 0 Å². The van der Waals surface area contributed by atoms with E-state index in [1.165, 1.54) is 0 Å². The number of aromatic amines is 2. The summed E-state index contributed by atoms with van der Waals surface area (Å²) in [5, 5.41) is 0. The molecule has 0 radical (unpaired) electrons.